The number of ether oxygens (including phenoxy) is 2. The molecule has 7 heteroatoms. The zero-order valence-electron chi connectivity index (χ0n) is 14.1. The average Bonchev–Trinajstić information content (AvgIpc) is 2.97. The predicted molar refractivity (Wildman–Crippen MR) is 91.9 cm³/mol. The Bertz CT molecular complexity index is 757. The zero-order valence-corrected chi connectivity index (χ0v) is 14.8. The molecule has 0 fully saturated rings. The molecule has 0 spiro atoms. The molecule has 0 aromatic carbocycles. The Labute approximate surface area is 146 Å². The fraction of sp³-hybridized carbons (Fsp3) is 0.529. The lowest BCUT2D eigenvalue weighted by Crippen LogP contribution is -2.39. The summed E-state index contributed by atoms with van der Waals surface area (Å²) >= 11 is 6.17. The van der Waals surface area contributed by atoms with Gasteiger partial charge in [0, 0.05) is 6.20 Å². The number of aromatic nitrogens is 3. The molecule has 3 rings (SSSR count). The Hall–Kier alpha value is -1.47. The highest BCUT2D eigenvalue weighted by Gasteiger charge is 2.32. The molecule has 3 heterocycles. The summed E-state index contributed by atoms with van der Waals surface area (Å²) in [5, 5.41) is 10.9. The maximum absolute atomic E-state index is 9.66. The summed E-state index contributed by atoms with van der Waals surface area (Å²) < 4.78 is 14.0. The van der Waals surface area contributed by atoms with E-state index in [1.165, 1.54) is 6.33 Å². The maximum atomic E-state index is 9.66. The van der Waals surface area contributed by atoms with Crippen LogP contribution in [-0.4, -0.2) is 44.7 Å². The summed E-state index contributed by atoms with van der Waals surface area (Å²) in [5.41, 5.74) is 1.56. The van der Waals surface area contributed by atoms with Gasteiger partial charge in [-0.1, -0.05) is 24.6 Å². The van der Waals surface area contributed by atoms with E-state index >= 15 is 0 Å². The van der Waals surface area contributed by atoms with Crippen LogP contribution >= 0.6 is 11.6 Å². The van der Waals surface area contributed by atoms with Gasteiger partial charge in [0.25, 0.3) is 0 Å². The number of nitrogens with zero attached hydrogens (tertiary/aromatic N) is 3. The summed E-state index contributed by atoms with van der Waals surface area (Å²) in [7, 11) is 0. The topological polar surface area (TPSA) is 69.4 Å². The van der Waals surface area contributed by atoms with Crippen molar-refractivity contribution >= 4 is 22.6 Å². The Morgan fingerprint density at radius 2 is 2.21 bits per heavy atom. The monoisotopic (exact) mass is 351 g/mol. The van der Waals surface area contributed by atoms with Gasteiger partial charge < -0.3 is 19.1 Å². The van der Waals surface area contributed by atoms with Crippen LogP contribution in [-0.2, 0) is 9.47 Å². The second kappa shape index (κ2) is 6.80. The van der Waals surface area contributed by atoms with Crippen LogP contribution in [0.1, 0.15) is 33.2 Å². The van der Waals surface area contributed by atoms with E-state index in [1.807, 2.05) is 36.8 Å². The molecular weight excluding hydrogens is 330 g/mol. The first-order chi connectivity index (χ1) is 11.4. The molecule has 1 aliphatic heterocycles. The SMILES string of the molecule is CC[C@H]1OC(C)(C)OC/C(CO)=C\[C@H]1n1ccc2c(Cl)ncnc21. The lowest BCUT2D eigenvalue weighted by atomic mass is 10.0. The molecule has 0 bridgehead atoms. The van der Waals surface area contributed by atoms with Crippen molar-refractivity contribution in [2.75, 3.05) is 13.2 Å². The lowest BCUT2D eigenvalue weighted by molar-refractivity contribution is -0.241. The first-order valence-corrected chi connectivity index (χ1v) is 8.42. The third kappa shape index (κ3) is 3.32. The van der Waals surface area contributed by atoms with Crippen LogP contribution in [0.25, 0.3) is 11.0 Å². The third-order valence-electron chi connectivity index (χ3n) is 4.22. The van der Waals surface area contributed by atoms with E-state index in [9.17, 15) is 5.11 Å². The van der Waals surface area contributed by atoms with Gasteiger partial charge in [0.05, 0.1) is 30.7 Å². The van der Waals surface area contributed by atoms with Gasteiger partial charge in [0.15, 0.2) is 5.79 Å². The molecule has 0 saturated carbocycles. The van der Waals surface area contributed by atoms with Crippen molar-refractivity contribution < 1.29 is 14.6 Å². The van der Waals surface area contributed by atoms with Gasteiger partial charge in [-0.05, 0) is 31.9 Å². The van der Waals surface area contributed by atoms with Crippen LogP contribution in [0.4, 0.5) is 0 Å². The smallest absolute Gasteiger partial charge is 0.163 e. The molecule has 2 atom stereocenters. The fourth-order valence-corrected chi connectivity index (χ4v) is 3.19. The summed E-state index contributed by atoms with van der Waals surface area (Å²) in [6.07, 6.45) is 6.04. The number of halogens is 1. The molecule has 2 aromatic rings. The number of fused-ring (bicyclic) bond motifs is 1. The van der Waals surface area contributed by atoms with Crippen molar-refractivity contribution in [3.8, 4) is 0 Å². The normalized spacial score (nSPS) is 26.6. The fourth-order valence-electron chi connectivity index (χ4n) is 2.99. The molecule has 24 heavy (non-hydrogen) atoms. The quantitative estimate of drug-likeness (QED) is 0.679. The van der Waals surface area contributed by atoms with Gasteiger partial charge in [0.2, 0.25) is 0 Å². The summed E-state index contributed by atoms with van der Waals surface area (Å²) in [6.45, 7) is 6.11. The maximum Gasteiger partial charge on any atom is 0.163 e. The number of aliphatic hydroxyl groups is 1. The van der Waals surface area contributed by atoms with Gasteiger partial charge in [-0.25, -0.2) is 9.97 Å². The highest BCUT2D eigenvalue weighted by atomic mass is 35.5. The highest BCUT2D eigenvalue weighted by molar-refractivity contribution is 6.33. The van der Waals surface area contributed by atoms with Crippen molar-refractivity contribution in [2.45, 2.75) is 45.1 Å². The number of rotatable bonds is 3. The average molecular weight is 352 g/mol. The van der Waals surface area contributed by atoms with Crippen molar-refractivity contribution in [1.82, 2.24) is 14.5 Å². The number of hydrogen-bond donors (Lipinski definition) is 1. The lowest BCUT2D eigenvalue weighted by Gasteiger charge is -2.37. The van der Waals surface area contributed by atoms with Gasteiger partial charge in [-0.3, -0.25) is 0 Å². The number of hydrogen-bond acceptors (Lipinski definition) is 5. The van der Waals surface area contributed by atoms with E-state index < -0.39 is 5.79 Å². The minimum atomic E-state index is -0.733. The molecule has 6 nitrogen and oxygen atoms in total. The molecule has 0 unspecified atom stereocenters. The molecule has 0 amide bonds. The van der Waals surface area contributed by atoms with Crippen molar-refractivity contribution in [1.29, 1.82) is 0 Å². The zero-order chi connectivity index (χ0) is 17.3. The van der Waals surface area contributed by atoms with E-state index in [0.717, 1.165) is 23.0 Å². The molecule has 0 aliphatic carbocycles. The van der Waals surface area contributed by atoms with Crippen molar-refractivity contribution in [3.63, 3.8) is 0 Å². The molecule has 130 valence electrons. The molecule has 1 aliphatic rings. The van der Waals surface area contributed by atoms with Gasteiger partial charge in [0.1, 0.15) is 17.1 Å². The van der Waals surface area contributed by atoms with Crippen LogP contribution in [0.2, 0.25) is 5.15 Å². The Morgan fingerprint density at radius 1 is 1.42 bits per heavy atom. The number of aliphatic hydroxyl groups excluding tert-OH is 1. The van der Waals surface area contributed by atoms with Crippen LogP contribution < -0.4 is 0 Å². The van der Waals surface area contributed by atoms with Crippen LogP contribution in [0.3, 0.4) is 0 Å². The van der Waals surface area contributed by atoms with E-state index in [4.69, 9.17) is 21.1 Å². The summed E-state index contributed by atoms with van der Waals surface area (Å²) in [6, 6.07) is 1.78. The van der Waals surface area contributed by atoms with E-state index in [2.05, 4.69) is 16.9 Å². The summed E-state index contributed by atoms with van der Waals surface area (Å²) in [4.78, 5) is 8.40. The van der Waals surface area contributed by atoms with Crippen molar-refractivity contribution in [2.24, 2.45) is 0 Å². The predicted octanol–water partition coefficient (Wildman–Crippen LogP) is 3.11. The molecule has 0 saturated heterocycles. The molecule has 1 N–H and O–H groups in total. The second-order valence-corrected chi connectivity index (χ2v) is 6.71. The minimum Gasteiger partial charge on any atom is -0.392 e. The van der Waals surface area contributed by atoms with Crippen LogP contribution in [0, 0.1) is 0 Å². The van der Waals surface area contributed by atoms with Gasteiger partial charge in [-0.15, -0.1) is 0 Å². The van der Waals surface area contributed by atoms with E-state index in [0.29, 0.717) is 11.8 Å². The first kappa shape index (κ1) is 17.4. The van der Waals surface area contributed by atoms with Crippen LogP contribution in [0.15, 0.2) is 30.2 Å². The third-order valence-corrected chi connectivity index (χ3v) is 4.52. The Morgan fingerprint density at radius 3 is 2.92 bits per heavy atom. The molecule has 2 aromatic heterocycles. The van der Waals surface area contributed by atoms with Gasteiger partial charge in [-0.2, -0.15) is 0 Å². The molecular formula is C17H22ClN3O3. The first-order valence-electron chi connectivity index (χ1n) is 8.04. The highest BCUT2D eigenvalue weighted by Crippen LogP contribution is 2.32. The Balaban J connectivity index is 2.12. The Kier molecular flexibility index (Phi) is 4.92. The standard InChI is InChI=1S/C17H22ClN3O3/c1-4-14-13(7-11(8-22)9-23-17(2,3)24-14)21-6-5-12-15(18)19-10-20-16(12)21/h5-7,10,13-14,22H,4,8-9H2,1-3H3/b11-7-/t13-,14-/m1/s1. The van der Waals surface area contributed by atoms with E-state index in [1.54, 1.807) is 0 Å². The second-order valence-electron chi connectivity index (χ2n) is 6.35. The summed E-state index contributed by atoms with van der Waals surface area (Å²) in [5.74, 6) is -0.733. The van der Waals surface area contributed by atoms with Crippen LogP contribution in [0.5, 0.6) is 0 Å². The molecule has 0 radical (unpaired) electrons. The largest absolute Gasteiger partial charge is 0.392 e. The van der Waals surface area contributed by atoms with Crippen molar-refractivity contribution in [3.05, 3.63) is 35.4 Å². The van der Waals surface area contributed by atoms with E-state index in [-0.39, 0.29) is 18.8 Å². The van der Waals surface area contributed by atoms with Gasteiger partial charge >= 0.3 is 0 Å². The minimum absolute atomic E-state index is 0.0576.